The third kappa shape index (κ3) is 3.29. The molecule has 0 spiro atoms. The van der Waals surface area contributed by atoms with Crippen LogP contribution in [0.25, 0.3) is 11.3 Å². The number of nitrogens with zero attached hydrogens (tertiary/aromatic N) is 2. The Morgan fingerprint density at radius 3 is 2.42 bits per heavy atom. The highest BCUT2D eigenvalue weighted by molar-refractivity contribution is 5.98. The van der Waals surface area contributed by atoms with Gasteiger partial charge in [0.05, 0.1) is 0 Å². The van der Waals surface area contributed by atoms with Crippen LogP contribution in [-0.4, -0.2) is 33.9 Å². The summed E-state index contributed by atoms with van der Waals surface area (Å²) in [6.45, 7) is 3.21. The molecule has 4 nitrogen and oxygen atoms in total. The number of hydrogen-bond acceptors (Lipinski definition) is 2. The van der Waals surface area contributed by atoms with E-state index in [1.54, 1.807) is 35.2 Å². The molecule has 3 rings (SSSR count). The molecule has 1 aliphatic rings. The van der Waals surface area contributed by atoms with Gasteiger partial charge in [-0.15, -0.1) is 0 Å². The second-order valence-electron chi connectivity index (χ2n) is 6.15. The Bertz CT molecular complexity index is 716. The van der Waals surface area contributed by atoms with E-state index < -0.39 is 17.9 Å². The molecule has 1 aromatic carbocycles. The van der Waals surface area contributed by atoms with E-state index in [1.807, 2.05) is 0 Å². The number of H-pyrrole nitrogens is 1. The summed E-state index contributed by atoms with van der Waals surface area (Å²) in [6.07, 6.45) is -2.92. The highest BCUT2D eigenvalue weighted by Gasteiger charge is 2.37. The Morgan fingerprint density at radius 2 is 1.83 bits per heavy atom. The molecule has 0 saturated carbocycles. The largest absolute Gasteiger partial charge is 0.449 e. The fourth-order valence-electron chi connectivity index (χ4n) is 2.84. The molecular formula is C17H18F3N3O. The lowest BCUT2D eigenvalue weighted by molar-refractivity contribution is -0.144. The van der Waals surface area contributed by atoms with Crippen molar-refractivity contribution < 1.29 is 18.0 Å². The van der Waals surface area contributed by atoms with Crippen LogP contribution in [0.2, 0.25) is 0 Å². The number of aromatic nitrogens is 2. The number of imidazole rings is 1. The number of hydrogen-bond donors (Lipinski definition) is 1. The van der Waals surface area contributed by atoms with E-state index in [2.05, 4.69) is 16.9 Å². The Balaban J connectivity index is 1.99. The number of benzene rings is 1. The summed E-state index contributed by atoms with van der Waals surface area (Å²) in [6, 6.07) is 8.45. The summed E-state index contributed by atoms with van der Waals surface area (Å²) in [5.74, 6) is -1.05. The minimum atomic E-state index is -4.63. The van der Waals surface area contributed by atoms with Crippen molar-refractivity contribution in [3.63, 3.8) is 0 Å². The van der Waals surface area contributed by atoms with Crippen LogP contribution in [0.5, 0.6) is 0 Å². The maximum Gasteiger partial charge on any atom is 0.449 e. The minimum Gasteiger partial charge on any atom is -0.337 e. The lowest BCUT2D eigenvalue weighted by Gasteiger charge is -2.30. The molecule has 1 saturated heterocycles. The van der Waals surface area contributed by atoms with E-state index in [4.69, 9.17) is 0 Å². The van der Waals surface area contributed by atoms with Gasteiger partial charge in [-0.05, 0) is 18.8 Å². The third-order valence-electron chi connectivity index (χ3n) is 4.30. The number of nitrogens with one attached hydrogen (secondary N) is 1. The van der Waals surface area contributed by atoms with E-state index in [9.17, 15) is 18.0 Å². The number of piperidine rings is 1. The van der Waals surface area contributed by atoms with Gasteiger partial charge in [0.15, 0.2) is 0 Å². The Kier molecular flexibility index (Phi) is 4.34. The highest BCUT2D eigenvalue weighted by Crippen LogP contribution is 2.32. The van der Waals surface area contributed by atoms with Crippen LogP contribution in [0.15, 0.2) is 30.3 Å². The number of amides is 1. The lowest BCUT2D eigenvalue weighted by atomic mass is 9.99. The van der Waals surface area contributed by atoms with Gasteiger partial charge >= 0.3 is 6.18 Å². The molecular weight excluding hydrogens is 319 g/mol. The molecule has 0 bridgehead atoms. The first-order valence-electron chi connectivity index (χ1n) is 7.88. The highest BCUT2D eigenvalue weighted by atomic mass is 19.4. The van der Waals surface area contributed by atoms with Gasteiger partial charge in [-0.1, -0.05) is 37.3 Å². The van der Waals surface area contributed by atoms with Gasteiger partial charge < -0.3 is 9.88 Å². The summed E-state index contributed by atoms with van der Waals surface area (Å²) in [5, 5.41) is 0. The van der Waals surface area contributed by atoms with Gasteiger partial charge in [0.1, 0.15) is 11.4 Å². The quantitative estimate of drug-likeness (QED) is 0.901. The summed E-state index contributed by atoms with van der Waals surface area (Å²) >= 11 is 0. The average molecular weight is 337 g/mol. The Morgan fingerprint density at radius 1 is 1.21 bits per heavy atom. The fourth-order valence-corrected chi connectivity index (χ4v) is 2.84. The Labute approximate surface area is 137 Å². The number of alkyl halides is 3. The van der Waals surface area contributed by atoms with Gasteiger partial charge in [-0.25, -0.2) is 4.98 Å². The molecule has 1 N–H and O–H groups in total. The number of rotatable bonds is 2. The van der Waals surface area contributed by atoms with Crippen molar-refractivity contribution >= 4 is 5.91 Å². The maximum atomic E-state index is 13.0. The Hall–Kier alpha value is -2.31. The van der Waals surface area contributed by atoms with Crippen molar-refractivity contribution in [3.05, 3.63) is 41.9 Å². The fraction of sp³-hybridized carbons (Fsp3) is 0.412. The van der Waals surface area contributed by atoms with Crippen molar-refractivity contribution in [2.24, 2.45) is 5.92 Å². The third-order valence-corrected chi connectivity index (χ3v) is 4.30. The van der Waals surface area contributed by atoms with E-state index in [0.717, 1.165) is 12.8 Å². The van der Waals surface area contributed by atoms with Gasteiger partial charge in [0, 0.05) is 18.7 Å². The second-order valence-corrected chi connectivity index (χ2v) is 6.15. The zero-order chi connectivity index (χ0) is 17.3. The number of likely N-dealkylation sites (tertiary alicyclic amines) is 1. The van der Waals surface area contributed by atoms with E-state index in [-0.39, 0.29) is 11.4 Å². The van der Waals surface area contributed by atoms with Crippen LogP contribution in [0, 0.1) is 5.92 Å². The molecule has 1 amide bonds. The molecule has 7 heteroatoms. The molecule has 1 aliphatic heterocycles. The van der Waals surface area contributed by atoms with Crippen LogP contribution in [0.1, 0.15) is 36.1 Å². The first-order chi connectivity index (χ1) is 11.4. The molecule has 2 aromatic rings. The molecule has 0 aliphatic carbocycles. The van der Waals surface area contributed by atoms with Crippen molar-refractivity contribution in [1.82, 2.24) is 14.9 Å². The standard InChI is InChI=1S/C17H18F3N3O/c1-11-7-9-23(10-8-11)15(24)14-13(12-5-3-2-4-6-12)21-16(22-14)17(18,19)20/h2-6,11H,7-10H2,1H3,(H,21,22). The number of carbonyl (C=O) groups is 1. The summed E-state index contributed by atoms with van der Waals surface area (Å²) in [7, 11) is 0. The minimum absolute atomic E-state index is 0.0477. The van der Waals surface area contributed by atoms with Crippen molar-refractivity contribution in [3.8, 4) is 11.3 Å². The summed E-state index contributed by atoms with van der Waals surface area (Å²) in [4.78, 5) is 20.2. The van der Waals surface area contributed by atoms with Gasteiger partial charge in [-0.2, -0.15) is 13.2 Å². The first kappa shape index (κ1) is 16.5. The topological polar surface area (TPSA) is 49.0 Å². The predicted octanol–water partition coefficient (Wildman–Crippen LogP) is 3.97. The van der Waals surface area contributed by atoms with E-state index in [0.29, 0.717) is 24.6 Å². The SMILES string of the molecule is CC1CCN(C(=O)c2[nH]c(C(F)(F)F)nc2-c2ccccc2)CC1. The molecule has 128 valence electrons. The van der Waals surface area contributed by atoms with E-state index in [1.165, 1.54) is 0 Å². The van der Waals surface area contributed by atoms with Crippen LogP contribution in [0.4, 0.5) is 13.2 Å². The second kappa shape index (κ2) is 6.30. The van der Waals surface area contributed by atoms with Gasteiger partial charge in [0.25, 0.3) is 5.91 Å². The van der Waals surface area contributed by atoms with Crippen LogP contribution < -0.4 is 0 Å². The molecule has 0 unspecified atom stereocenters. The number of halogens is 3. The zero-order valence-corrected chi connectivity index (χ0v) is 13.2. The van der Waals surface area contributed by atoms with Crippen molar-refractivity contribution in [1.29, 1.82) is 0 Å². The predicted molar refractivity (Wildman–Crippen MR) is 83.3 cm³/mol. The van der Waals surface area contributed by atoms with Crippen LogP contribution in [0.3, 0.4) is 0 Å². The first-order valence-corrected chi connectivity index (χ1v) is 7.88. The number of aromatic amines is 1. The molecule has 1 aromatic heterocycles. The maximum absolute atomic E-state index is 13.0. The molecule has 0 radical (unpaired) electrons. The average Bonchev–Trinajstić information content (AvgIpc) is 3.01. The summed E-state index contributed by atoms with van der Waals surface area (Å²) < 4.78 is 39.1. The zero-order valence-electron chi connectivity index (χ0n) is 13.2. The molecule has 0 atom stereocenters. The van der Waals surface area contributed by atoms with Gasteiger partial charge in [-0.3, -0.25) is 4.79 Å². The van der Waals surface area contributed by atoms with Gasteiger partial charge in [0.2, 0.25) is 5.82 Å². The van der Waals surface area contributed by atoms with Crippen molar-refractivity contribution in [2.75, 3.05) is 13.1 Å². The smallest absolute Gasteiger partial charge is 0.337 e. The molecule has 24 heavy (non-hydrogen) atoms. The van der Waals surface area contributed by atoms with Crippen LogP contribution in [-0.2, 0) is 6.18 Å². The van der Waals surface area contributed by atoms with E-state index >= 15 is 0 Å². The molecule has 2 heterocycles. The monoisotopic (exact) mass is 337 g/mol. The van der Waals surface area contributed by atoms with Crippen molar-refractivity contribution in [2.45, 2.75) is 25.9 Å². The summed E-state index contributed by atoms with van der Waals surface area (Å²) in [5.41, 5.74) is 0.438. The number of carbonyl (C=O) groups excluding carboxylic acids is 1. The lowest BCUT2D eigenvalue weighted by Crippen LogP contribution is -2.38. The normalized spacial score (nSPS) is 16.4. The van der Waals surface area contributed by atoms with Crippen LogP contribution >= 0.6 is 0 Å². The molecule has 1 fully saturated rings.